The molecule has 6 nitrogen and oxygen atoms in total. The van der Waals surface area contributed by atoms with Gasteiger partial charge in [-0.15, -0.1) is 0 Å². The van der Waals surface area contributed by atoms with E-state index in [9.17, 15) is 5.11 Å². The summed E-state index contributed by atoms with van der Waals surface area (Å²) >= 11 is 0. The number of benzene rings is 4. The van der Waals surface area contributed by atoms with Gasteiger partial charge in [-0.3, -0.25) is 0 Å². The lowest BCUT2D eigenvalue weighted by Crippen LogP contribution is -2.65. The molecule has 6 atom stereocenters. The van der Waals surface area contributed by atoms with Crippen molar-refractivity contribution < 1.29 is 28.5 Å². The lowest BCUT2D eigenvalue weighted by atomic mass is 9.78. The molecule has 256 valence electrons. The quantitative estimate of drug-likeness (QED) is 0.129. The second-order valence-electron chi connectivity index (χ2n) is 14.3. The average molecular weight is 669 g/mol. The van der Waals surface area contributed by atoms with Crippen LogP contribution in [0, 0.1) is 5.92 Å². The molecule has 0 aromatic heterocycles. The summed E-state index contributed by atoms with van der Waals surface area (Å²) in [5.41, 5.74) is 4.13. The largest absolute Gasteiger partial charge is 0.416 e. The van der Waals surface area contributed by atoms with Gasteiger partial charge in [0.1, 0.15) is 18.3 Å². The van der Waals surface area contributed by atoms with E-state index in [2.05, 4.69) is 58.1 Å². The summed E-state index contributed by atoms with van der Waals surface area (Å²) in [6, 6.07) is 40.4. The van der Waals surface area contributed by atoms with Crippen molar-refractivity contribution in [1.82, 2.24) is 0 Å². The van der Waals surface area contributed by atoms with E-state index in [1.807, 2.05) is 97.1 Å². The van der Waals surface area contributed by atoms with Gasteiger partial charge < -0.3 is 28.5 Å². The summed E-state index contributed by atoms with van der Waals surface area (Å²) < 4.78 is 33.9. The van der Waals surface area contributed by atoms with Gasteiger partial charge in [0.15, 0.2) is 8.32 Å². The Morgan fingerprint density at radius 2 is 0.812 bits per heavy atom. The maximum Gasteiger partial charge on any atom is 0.191 e. The van der Waals surface area contributed by atoms with Gasteiger partial charge in [-0.2, -0.15) is 0 Å². The van der Waals surface area contributed by atoms with E-state index in [0.717, 1.165) is 22.3 Å². The van der Waals surface area contributed by atoms with Crippen LogP contribution in [0.1, 0.15) is 43.0 Å². The molecule has 0 spiro atoms. The zero-order valence-corrected chi connectivity index (χ0v) is 30.0. The molecule has 1 aliphatic carbocycles. The standard InChI is InChI=1S/C41H52O6Si/c1-41(2,3)48(4,5)47-30-35-36(42)38(44-27-32-20-12-7-13-21-32)40(46-29-34-24-16-9-17-25-34)39(45-28-33-22-14-8-15-23-33)37(35)43-26-31-18-10-6-11-19-31/h6-25,35-40,42H,26-30H2,1-5H3/t35-,36-,37+,38-,39-,40-/m0/s1. The van der Waals surface area contributed by atoms with E-state index >= 15 is 0 Å². The van der Waals surface area contributed by atoms with Gasteiger partial charge >= 0.3 is 0 Å². The number of ether oxygens (including phenoxy) is 4. The fraction of sp³-hybridized carbons (Fsp3) is 0.415. The van der Waals surface area contributed by atoms with Crippen LogP contribution in [0.15, 0.2) is 121 Å². The first-order chi connectivity index (χ1) is 23.1. The Kier molecular flexibility index (Phi) is 12.8. The molecular weight excluding hydrogens is 617 g/mol. The van der Waals surface area contributed by atoms with Crippen LogP contribution in [0.2, 0.25) is 18.1 Å². The molecule has 4 aromatic rings. The van der Waals surface area contributed by atoms with Gasteiger partial charge in [-0.25, -0.2) is 0 Å². The number of rotatable bonds is 15. The summed E-state index contributed by atoms with van der Waals surface area (Å²) in [6.07, 6.45) is -3.35. The zero-order chi connectivity index (χ0) is 34.0. The third-order valence-electron chi connectivity index (χ3n) is 9.75. The van der Waals surface area contributed by atoms with Gasteiger partial charge in [0, 0.05) is 12.5 Å². The highest BCUT2D eigenvalue weighted by atomic mass is 28.4. The molecule has 0 heterocycles. The molecule has 4 aromatic carbocycles. The molecule has 0 amide bonds. The van der Waals surface area contributed by atoms with Crippen LogP contribution >= 0.6 is 0 Å². The van der Waals surface area contributed by atoms with Crippen LogP contribution in [0.5, 0.6) is 0 Å². The van der Waals surface area contributed by atoms with E-state index in [0.29, 0.717) is 33.0 Å². The second-order valence-corrected chi connectivity index (χ2v) is 19.1. The number of aliphatic hydroxyl groups is 1. The molecule has 1 fully saturated rings. The monoisotopic (exact) mass is 668 g/mol. The maximum atomic E-state index is 12.3. The molecule has 1 aliphatic rings. The fourth-order valence-corrected chi connectivity index (χ4v) is 6.86. The molecule has 0 aliphatic heterocycles. The van der Waals surface area contributed by atoms with E-state index in [1.165, 1.54) is 0 Å². The molecular formula is C41H52O6Si. The third-order valence-corrected chi connectivity index (χ3v) is 14.3. The first-order valence-corrected chi connectivity index (χ1v) is 20.0. The summed E-state index contributed by atoms with van der Waals surface area (Å²) in [4.78, 5) is 0. The van der Waals surface area contributed by atoms with Crippen molar-refractivity contribution in [1.29, 1.82) is 0 Å². The molecule has 0 saturated heterocycles. The Hall–Kier alpha value is -3.14. The lowest BCUT2D eigenvalue weighted by molar-refractivity contribution is -0.264. The SMILES string of the molecule is CC(C)(C)[Si](C)(C)OC[C@H]1[C@H](O)[C@H](OCc2ccccc2)[C@H](OCc2ccccc2)[C@@H](OCc2ccccc2)[C@@H]1OCc1ccccc1. The Bertz CT molecular complexity index is 1480. The summed E-state index contributed by atoms with van der Waals surface area (Å²) in [7, 11) is -2.18. The molecule has 1 N–H and O–H groups in total. The van der Waals surface area contributed by atoms with Gasteiger partial charge in [-0.05, 0) is 40.4 Å². The number of hydrogen-bond acceptors (Lipinski definition) is 6. The van der Waals surface area contributed by atoms with Gasteiger partial charge in [0.25, 0.3) is 0 Å². The van der Waals surface area contributed by atoms with Crippen molar-refractivity contribution in [2.45, 2.75) is 95.9 Å². The highest BCUT2D eigenvalue weighted by molar-refractivity contribution is 6.74. The highest BCUT2D eigenvalue weighted by Crippen LogP contribution is 2.40. The zero-order valence-electron chi connectivity index (χ0n) is 29.0. The minimum atomic E-state index is -2.18. The van der Waals surface area contributed by atoms with Gasteiger partial charge in [0.2, 0.25) is 0 Å². The normalized spacial score (nSPS) is 23.2. The van der Waals surface area contributed by atoms with E-state index < -0.39 is 44.8 Å². The van der Waals surface area contributed by atoms with E-state index in [-0.39, 0.29) is 5.04 Å². The molecule has 48 heavy (non-hydrogen) atoms. The van der Waals surface area contributed by atoms with Crippen LogP contribution in [0.4, 0.5) is 0 Å². The van der Waals surface area contributed by atoms with Gasteiger partial charge in [0.05, 0.1) is 38.6 Å². The van der Waals surface area contributed by atoms with E-state index in [4.69, 9.17) is 23.4 Å². The summed E-state index contributed by atoms with van der Waals surface area (Å²) in [6.45, 7) is 12.9. The minimum absolute atomic E-state index is 0.000757. The fourth-order valence-electron chi connectivity index (χ4n) is 5.82. The minimum Gasteiger partial charge on any atom is -0.416 e. The van der Waals surface area contributed by atoms with Crippen LogP contribution in [0.3, 0.4) is 0 Å². The van der Waals surface area contributed by atoms with Crippen molar-refractivity contribution in [3.05, 3.63) is 144 Å². The van der Waals surface area contributed by atoms with Crippen molar-refractivity contribution >= 4 is 8.32 Å². The van der Waals surface area contributed by atoms with Crippen molar-refractivity contribution in [2.75, 3.05) is 6.61 Å². The van der Waals surface area contributed by atoms with Crippen molar-refractivity contribution in [3.63, 3.8) is 0 Å². The number of aliphatic hydroxyl groups excluding tert-OH is 1. The first-order valence-electron chi connectivity index (χ1n) is 17.1. The summed E-state index contributed by atoms with van der Waals surface area (Å²) in [5.74, 6) is -0.430. The Morgan fingerprint density at radius 3 is 1.17 bits per heavy atom. The Balaban J connectivity index is 1.52. The average Bonchev–Trinajstić information content (AvgIpc) is 3.09. The topological polar surface area (TPSA) is 66.4 Å². The van der Waals surface area contributed by atoms with Crippen LogP contribution in [-0.4, -0.2) is 50.6 Å². The van der Waals surface area contributed by atoms with Crippen LogP contribution in [0.25, 0.3) is 0 Å². The van der Waals surface area contributed by atoms with Crippen molar-refractivity contribution in [3.8, 4) is 0 Å². The highest BCUT2D eigenvalue weighted by Gasteiger charge is 2.54. The van der Waals surface area contributed by atoms with Crippen LogP contribution in [-0.2, 0) is 49.8 Å². The molecule has 7 heteroatoms. The molecule has 1 saturated carbocycles. The van der Waals surface area contributed by atoms with Crippen molar-refractivity contribution in [2.24, 2.45) is 5.92 Å². The number of hydrogen-bond donors (Lipinski definition) is 1. The second kappa shape index (κ2) is 17.0. The predicted molar refractivity (Wildman–Crippen MR) is 193 cm³/mol. The maximum absolute atomic E-state index is 12.3. The Labute approximate surface area is 288 Å². The Morgan fingerprint density at radius 1 is 0.500 bits per heavy atom. The molecule has 0 unspecified atom stereocenters. The molecule has 0 radical (unpaired) electrons. The molecule has 0 bridgehead atoms. The van der Waals surface area contributed by atoms with Gasteiger partial charge in [-0.1, -0.05) is 142 Å². The lowest BCUT2D eigenvalue weighted by Gasteiger charge is -2.49. The van der Waals surface area contributed by atoms with E-state index in [1.54, 1.807) is 0 Å². The molecule has 5 rings (SSSR count). The summed E-state index contributed by atoms with van der Waals surface area (Å²) in [5, 5.41) is 12.3. The first kappa shape index (κ1) is 36.1. The predicted octanol–water partition coefficient (Wildman–Crippen LogP) is 8.34. The smallest absolute Gasteiger partial charge is 0.191 e. The third kappa shape index (κ3) is 9.73. The van der Waals surface area contributed by atoms with Crippen LogP contribution < -0.4 is 0 Å².